The van der Waals surface area contributed by atoms with Crippen molar-refractivity contribution in [3.05, 3.63) is 34.3 Å². The maximum Gasteiger partial charge on any atom is 0.161 e. The molecule has 0 aromatic heterocycles. The summed E-state index contributed by atoms with van der Waals surface area (Å²) in [6, 6.07) is 5.61. The first-order valence-electron chi connectivity index (χ1n) is 4.32. The van der Waals surface area contributed by atoms with E-state index in [2.05, 4.69) is 13.8 Å². The van der Waals surface area contributed by atoms with Gasteiger partial charge in [0, 0.05) is 5.56 Å². The molecule has 0 aliphatic rings. The first kappa shape index (κ1) is 10.3. The predicted octanol–water partition coefficient (Wildman–Crippen LogP) is 3.67. The van der Waals surface area contributed by atoms with E-state index >= 15 is 0 Å². The number of Topliss-reactive ketones (excluding diaryl/α,β-unsaturated/α-hetero) is 1. The summed E-state index contributed by atoms with van der Waals surface area (Å²) in [5.74, 6) is 0.457. The standard InChI is InChI=1S/C11H13ClO/c1-7(2)9-4-5-10(8(3)13)11(12)6-9/h4-7H,1-3H3. The number of halogens is 1. The molecule has 1 rings (SSSR count). The Bertz CT molecular complexity index is 329. The van der Waals surface area contributed by atoms with E-state index in [1.165, 1.54) is 6.92 Å². The summed E-state index contributed by atoms with van der Waals surface area (Å²) in [6.45, 7) is 5.72. The smallest absolute Gasteiger partial charge is 0.161 e. The molecule has 0 fully saturated rings. The van der Waals surface area contributed by atoms with Crippen LogP contribution in [0.5, 0.6) is 0 Å². The van der Waals surface area contributed by atoms with E-state index in [1.54, 1.807) is 6.07 Å². The van der Waals surface area contributed by atoms with Crippen LogP contribution < -0.4 is 0 Å². The van der Waals surface area contributed by atoms with Crippen molar-refractivity contribution in [3.8, 4) is 0 Å². The van der Waals surface area contributed by atoms with Crippen LogP contribution in [0.3, 0.4) is 0 Å². The van der Waals surface area contributed by atoms with Crippen molar-refractivity contribution in [3.63, 3.8) is 0 Å². The van der Waals surface area contributed by atoms with Crippen molar-refractivity contribution in [2.75, 3.05) is 0 Å². The van der Waals surface area contributed by atoms with Crippen LogP contribution in [0.2, 0.25) is 5.02 Å². The molecule has 0 radical (unpaired) electrons. The highest BCUT2D eigenvalue weighted by atomic mass is 35.5. The SMILES string of the molecule is CC(=O)c1ccc(C(C)C)cc1Cl. The molecule has 0 bridgehead atoms. The van der Waals surface area contributed by atoms with Gasteiger partial charge in [0.05, 0.1) is 5.02 Å². The molecule has 0 aliphatic carbocycles. The highest BCUT2D eigenvalue weighted by Crippen LogP contribution is 2.22. The van der Waals surface area contributed by atoms with Gasteiger partial charge < -0.3 is 0 Å². The van der Waals surface area contributed by atoms with Gasteiger partial charge in [-0.05, 0) is 30.5 Å². The third-order valence-corrected chi connectivity index (χ3v) is 2.35. The van der Waals surface area contributed by atoms with Crippen LogP contribution in [0.1, 0.15) is 42.6 Å². The van der Waals surface area contributed by atoms with Crippen LogP contribution in [-0.4, -0.2) is 5.78 Å². The van der Waals surface area contributed by atoms with E-state index in [0.717, 1.165) is 5.56 Å². The van der Waals surface area contributed by atoms with Gasteiger partial charge in [-0.1, -0.05) is 31.5 Å². The van der Waals surface area contributed by atoms with Gasteiger partial charge in [0.25, 0.3) is 0 Å². The summed E-state index contributed by atoms with van der Waals surface area (Å²) in [7, 11) is 0. The van der Waals surface area contributed by atoms with Gasteiger partial charge >= 0.3 is 0 Å². The summed E-state index contributed by atoms with van der Waals surface area (Å²) in [5.41, 5.74) is 1.76. The fraction of sp³-hybridized carbons (Fsp3) is 0.364. The lowest BCUT2D eigenvalue weighted by Gasteiger charge is -2.07. The fourth-order valence-corrected chi connectivity index (χ4v) is 1.50. The quantitative estimate of drug-likeness (QED) is 0.660. The predicted molar refractivity (Wildman–Crippen MR) is 55.5 cm³/mol. The average molecular weight is 197 g/mol. The number of benzene rings is 1. The van der Waals surface area contributed by atoms with Crippen LogP contribution in [0.25, 0.3) is 0 Å². The van der Waals surface area contributed by atoms with Gasteiger partial charge in [-0.15, -0.1) is 0 Å². The van der Waals surface area contributed by atoms with E-state index in [-0.39, 0.29) is 5.78 Å². The van der Waals surface area contributed by atoms with Crippen LogP contribution in [0.4, 0.5) is 0 Å². The minimum Gasteiger partial charge on any atom is -0.294 e. The Hall–Kier alpha value is -0.820. The molecule has 1 nitrogen and oxygen atoms in total. The van der Waals surface area contributed by atoms with Gasteiger partial charge in [-0.2, -0.15) is 0 Å². The normalized spacial score (nSPS) is 10.5. The van der Waals surface area contributed by atoms with Crippen molar-refractivity contribution in [1.29, 1.82) is 0 Å². The maximum absolute atomic E-state index is 11.1. The highest BCUT2D eigenvalue weighted by molar-refractivity contribution is 6.33. The molecule has 0 heterocycles. The van der Waals surface area contributed by atoms with E-state index in [9.17, 15) is 4.79 Å². The molecule has 0 aliphatic heterocycles. The third-order valence-electron chi connectivity index (χ3n) is 2.04. The zero-order chi connectivity index (χ0) is 10.0. The van der Waals surface area contributed by atoms with E-state index in [1.807, 2.05) is 12.1 Å². The molecule has 1 aromatic carbocycles. The van der Waals surface area contributed by atoms with Crippen molar-refractivity contribution >= 4 is 17.4 Å². The van der Waals surface area contributed by atoms with Crippen LogP contribution in [0, 0.1) is 0 Å². The maximum atomic E-state index is 11.1. The molecule has 0 N–H and O–H groups in total. The summed E-state index contributed by atoms with van der Waals surface area (Å²) in [6.07, 6.45) is 0. The Morgan fingerprint density at radius 1 is 1.38 bits per heavy atom. The molecule has 2 heteroatoms. The van der Waals surface area contributed by atoms with Gasteiger partial charge in [-0.3, -0.25) is 4.79 Å². The van der Waals surface area contributed by atoms with Gasteiger partial charge in [0.2, 0.25) is 0 Å². The molecule has 13 heavy (non-hydrogen) atoms. The Morgan fingerprint density at radius 2 is 2.00 bits per heavy atom. The molecule has 1 aromatic rings. The molecule has 0 atom stereocenters. The number of rotatable bonds is 2. The number of hydrogen-bond acceptors (Lipinski definition) is 1. The molecule has 0 saturated heterocycles. The first-order chi connectivity index (χ1) is 6.02. The number of carbonyl (C=O) groups excluding carboxylic acids is 1. The van der Waals surface area contributed by atoms with E-state index in [0.29, 0.717) is 16.5 Å². The molecule has 70 valence electrons. The van der Waals surface area contributed by atoms with E-state index < -0.39 is 0 Å². The van der Waals surface area contributed by atoms with Gasteiger partial charge in [0.1, 0.15) is 0 Å². The minimum absolute atomic E-state index is 0.0142. The zero-order valence-corrected chi connectivity index (χ0v) is 8.85. The lowest BCUT2D eigenvalue weighted by Crippen LogP contribution is -1.95. The fourth-order valence-electron chi connectivity index (χ4n) is 1.18. The molecule has 0 saturated carbocycles. The van der Waals surface area contributed by atoms with Crippen molar-refractivity contribution in [1.82, 2.24) is 0 Å². The molecule has 0 amide bonds. The van der Waals surface area contributed by atoms with E-state index in [4.69, 9.17) is 11.6 Å². The summed E-state index contributed by atoms with van der Waals surface area (Å²) in [5, 5.41) is 0.554. The summed E-state index contributed by atoms with van der Waals surface area (Å²) in [4.78, 5) is 11.1. The van der Waals surface area contributed by atoms with Crippen molar-refractivity contribution in [2.24, 2.45) is 0 Å². The Kier molecular flexibility index (Phi) is 3.10. The highest BCUT2D eigenvalue weighted by Gasteiger charge is 2.07. The second kappa shape index (κ2) is 3.93. The number of carbonyl (C=O) groups is 1. The van der Waals surface area contributed by atoms with Crippen LogP contribution >= 0.6 is 11.6 Å². The van der Waals surface area contributed by atoms with Gasteiger partial charge in [-0.25, -0.2) is 0 Å². The Labute approximate surface area is 83.7 Å². The molecular weight excluding hydrogens is 184 g/mol. The lowest BCUT2D eigenvalue weighted by atomic mass is 10.0. The zero-order valence-electron chi connectivity index (χ0n) is 8.10. The van der Waals surface area contributed by atoms with Gasteiger partial charge in [0.15, 0.2) is 5.78 Å². The Balaban J connectivity index is 3.13. The van der Waals surface area contributed by atoms with Crippen LogP contribution in [-0.2, 0) is 0 Å². The third kappa shape index (κ3) is 2.31. The summed E-state index contributed by atoms with van der Waals surface area (Å²) < 4.78 is 0. The number of ketones is 1. The monoisotopic (exact) mass is 196 g/mol. The minimum atomic E-state index is 0.0142. The first-order valence-corrected chi connectivity index (χ1v) is 4.70. The topological polar surface area (TPSA) is 17.1 Å². The Morgan fingerprint density at radius 3 is 2.38 bits per heavy atom. The second-order valence-corrected chi connectivity index (χ2v) is 3.86. The largest absolute Gasteiger partial charge is 0.294 e. The average Bonchev–Trinajstić information content (AvgIpc) is 2.03. The molecular formula is C11H13ClO. The molecule has 0 spiro atoms. The summed E-state index contributed by atoms with van der Waals surface area (Å²) >= 11 is 5.95. The van der Waals surface area contributed by atoms with Crippen LogP contribution in [0.15, 0.2) is 18.2 Å². The number of hydrogen-bond donors (Lipinski definition) is 0. The second-order valence-electron chi connectivity index (χ2n) is 3.45. The molecule has 0 unspecified atom stereocenters. The lowest BCUT2D eigenvalue weighted by molar-refractivity contribution is 0.101. The van der Waals surface area contributed by atoms with Crippen molar-refractivity contribution < 1.29 is 4.79 Å². The van der Waals surface area contributed by atoms with Crippen molar-refractivity contribution in [2.45, 2.75) is 26.7 Å².